The number of hydrogen-bond donors (Lipinski definition) is 3. The molecule has 0 bridgehead atoms. The fraction of sp³-hybridized carbons (Fsp3) is 0.350. The molecule has 27 heavy (non-hydrogen) atoms. The van der Waals surface area contributed by atoms with E-state index in [9.17, 15) is 9.59 Å². The first kappa shape index (κ1) is 18.7. The molecule has 3 rings (SSSR count). The van der Waals surface area contributed by atoms with E-state index in [0.717, 1.165) is 5.56 Å². The van der Waals surface area contributed by atoms with Crippen LogP contribution in [0.2, 0.25) is 0 Å². The van der Waals surface area contributed by atoms with Gasteiger partial charge >= 0.3 is 12.0 Å². The van der Waals surface area contributed by atoms with Crippen LogP contribution < -0.4 is 15.4 Å². The number of para-hydroxylation sites is 1. The van der Waals surface area contributed by atoms with Crippen LogP contribution in [0, 0.1) is 5.92 Å². The molecule has 1 aromatic heterocycles. The molecule has 7 heteroatoms. The van der Waals surface area contributed by atoms with E-state index in [1.54, 1.807) is 12.3 Å². The average Bonchev–Trinajstić information content (AvgIpc) is 2.69. The lowest BCUT2D eigenvalue weighted by Gasteiger charge is -2.26. The third kappa shape index (κ3) is 5.70. The number of carboxylic acids is 1. The van der Waals surface area contributed by atoms with Crippen molar-refractivity contribution in [2.24, 2.45) is 5.92 Å². The summed E-state index contributed by atoms with van der Waals surface area (Å²) >= 11 is 0. The van der Waals surface area contributed by atoms with E-state index < -0.39 is 5.97 Å². The first-order chi connectivity index (χ1) is 13.1. The van der Waals surface area contributed by atoms with Gasteiger partial charge in [-0.3, -0.25) is 4.79 Å². The van der Waals surface area contributed by atoms with E-state index in [-0.39, 0.29) is 18.0 Å². The largest absolute Gasteiger partial charge is 0.481 e. The van der Waals surface area contributed by atoms with Crippen LogP contribution in [-0.2, 0) is 11.3 Å². The second-order valence-electron chi connectivity index (χ2n) is 6.63. The topological polar surface area (TPSA) is 101 Å². The second kappa shape index (κ2) is 9.02. The van der Waals surface area contributed by atoms with Gasteiger partial charge in [0, 0.05) is 24.8 Å². The van der Waals surface area contributed by atoms with Gasteiger partial charge in [0.1, 0.15) is 5.75 Å². The van der Waals surface area contributed by atoms with E-state index >= 15 is 0 Å². The first-order valence-electron chi connectivity index (χ1n) is 9.05. The summed E-state index contributed by atoms with van der Waals surface area (Å²) < 4.78 is 5.63. The van der Waals surface area contributed by atoms with Gasteiger partial charge in [-0.2, -0.15) is 0 Å². The molecule has 1 aliphatic rings. The molecule has 142 valence electrons. The van der Waals surface area contributed by atoms with E-state index in [1.165, 1.54) is 0 Å². The summed E-state index contributed by atoms with van der Waals surface area (Å²) in [6.07, 6.45) is 4.26. The number of rotatable bonds is 6. The van der Waals surface area contributed by atoms with E-state index in [2.05, 4.69) is 15.6 Å². The molecule has 2 aromatic rings. The zero-order valence-electron chi connectivity index (χ0n) is 14.9. The zero-order valence-corrected chi connectivity index (χ0v) is 14.9. The Morgan fingerprint density at radius 3 is 2.44 bits per heavy atom. The van der Waals surface area contributed by atoms with Crippen molar-refractivity contribution in [1.29, 1.82) is 0 Å². The van der Waals surface area contributed by atoms with E-state index in [1.807, 2.05) is 36.4 Å². The highest BCUT2D eigenvalue weighted by atomic mass is 16.5. The lowest BCUT2D eigenvalue weighted by molar-refractivity contribution is -0.142. The van der Waals surface area contributed by atoms with Crippen LogP contribution in [0.25, 0.3) is 0 Å². The number of ether oxygens (including phenoxy) is 1. The molecule has 0 atom stereocenters. The van der Waals surface area contributed by atoms with Crippen LogP contribution >= 0.6 is 0 Å². The van der Waals surface area contributed by atoms with Crippen LogP contribution in [0.15, 0.2) is 48.7 Å². The highest BCUT2D eigenvalue weighted by Crippen LogP contribution is 2.24. The van der Waals surface area contributed by atoms with Crippen LogP contribution in [0.3, 0.4) is 0 Å². The molecule has 0 saturated heterocycles. The van der Waals surface area contributed by atoms with Gasteiger partial charge in [0.2, 0.25) is 5.88 Å². The van der Waals surface area contributed by atoms with Gasteiger partial charge in [-0.15, -0.1) is 0 Å². The maximum Gasteiger partial charge on any atom is 0.315 e. The van der Waals surface area contributed by atoms with Crippen molar-refractivity contribution in [2.75, 3.05) is 0 Å². The molecule has 0 spiro atoms. The van der Waals surface area contributed by atoms with Gasteiger partial charge in [0.15, 0.2) is 0 Å². The van der Waals surface area contributed by atoms with Gasteiger partial charge in [0.25, 0.3) is 0 Å². The SMILES string of the molecule is O=C(NCc1ccc(Oc2ccccc2)nc1)NC1CCC(C(=O)O)CC1. The molecule has 3 N–H and O–H groups in total. The standard InChI is InChI=1S/C20H23N3O4/c24-19(25)15-7-9-16(10-8-15)23-20(26)22-13-14-6-11-18(21-12-14)27-17-4-2-1-3-5-17/h1-6,11-12,15-16H,7-10,13H2,(H,24,25)(H2,22,23,26). The summed E-state index contributed by atoms with van der Waals surface area (Å²) in [4.78, 5) is 27.2. The Bertz CT molecular complexity index is 757. The third-order valence-electron chi connectivity index (χ3n) is 4.63. The van der Waals surface area contributed by atoms with Crippen LogP contribution in [0.4, 0.5) is 4.79 Å². The van der Waals surface area contributed by atoms with Gasteiger partial charge in [-0.05, 0) is 43.4 Å². The Labute approximate surface area is 157 Å². The first-order valence-corrected chi connectivity index (χ1v) is 9.05. The monoisotopic (exact) mass is 369 g/mol. The summed E-state index contributed by atoms with van der Waals surface area (Å²) in [5.41, 5.74) is 0.861. The highest BCUT2D eigenvalue weighted by molar-refractivity contribution is 5.74. The quantitative estimate of drug-likeness (QED) is 0.725. The smallest absolute Gasteiger partial charge is 0.315 e. The minimum atomic E-state index is -0.745. The minimum absolute atomic E-state index is 0.0281. The maximum absolute atomic E-state index is 12.0. The zero-order chi connectivity index (χ0) is 19.1. The fourth-order valence-corrected chi connectivity index (χ4v) is 3.09. The number of carboxylic acid groups (broad SMARTS) is 1. The van der Waals surface area contributed by atoms with Crippen molar-refractivity contribution in [1.82, 2.24) is 15.6 Å². The third-order valence-corrected chi connectivity index (χ3v) is 4.63. The Kier molecular flexibility index (Phi) is 6.25. The van der Waals surface area contributed by atoms with Crippen molar-refractivity contribution >= 4 is 12.0 Å². The van der Waals surface area contributed by atoms with E-state index in [0.29, 0.717) is 43.9 Å². The molecule has 2 amide bonds. The highest BCUT2D eigenvalue weighted by Gasteiger charge is 2.26. The van der Waals surface area contributed by atoms with E-state index in [4.69, 9.17) is 9.84 Å². The predicted molar refractivity (Wildman–Crippen MR) is 99.5 cm³/mol. The van der Waals surface area contributed by atoms with Gasteiger partial charge in [0.05, 0.1) is 5.92 Å². The number of pyridine rings is 1. The minimum Gasteiger partial charge on any atom is -0.481 e. The van der Waals surface area contributed by atoms with Gasteiger partial charge in [-0.1, -0.05) is 24.3 Å². The Morgan fingerprint density at radius 1 is 1.07 bits per heavy atom. The number of nitrogens with zero attached hydrogens (tertiary/aromatic N) is 1. The molecule has 1 aromatic carbocycles. The Morgan fingerprint density at radius 2 is 1.81 bits per heavy atom. The molecule has 1 aliphatic carbocycles. The van der Waals surface area contributed by atoms with Crippen molar-refractivity contribution in [2.45, 2.75) is 38.3 Å². The lowest BCUT2D eigenvalue weighted by Crippen LogP contribution is -2.43. The maximum atomic E-state index is 12.0. The molecular weight excluding hydrogens is 346 g/mol. The average molecular weight is 369 g/mol. The molecule has 1 saturated carbocycles. The summed E-state index contributed by atoms with van der Waals surface area (Å²) in [6.45, 7) is 0.356. The van der Waals surface area contributed by atoms with Crippen molar-refractivity contribution < 1.29 is 19.4 Å². The van der Waals surface area contributed by atoms with Crippen molar-refractivity contribution in [3.63, 3.8) is 0 Å². The second-order valence-corrected chi connectivity index (χ2v) is 6.63. The predicted octanol–water partition coefficient (Wildman–Crippen LogP) is 3.32. The molecule has 0 aliphatic heterocycles. The summed E-state index contributed by atoms with van der Waals surface area (Å²) in [6, 6.07) is 12.8. The fourth-order valence-electron chi connectivity index (χ4n) is 3.09. The molecule has 0 radical (unpaired) electrons. The number of aliphatic carboxylic acids is 1. The van der Waals surface area contributed by atoms with Crippen LogP contribution in [-0.4, -0.2) is 28.1 Å². The number of carbonyl (C=O) groups excluding carboxylic acids is 1. The number of amides is 2. The Hall–Kier alpha value is -3.09. The lowest BCUT2D eigenvalue weighted by atomic mass is 9.86. The Balaban J connectivity index is 1.41. The number of urea groups is 1. The molecular formula is C20H23N3O4. The number of aromatic nitrogens is 1. The van der Waals surface area contributed by atoms with Crippen LogP contribution in [0.1, 0.15) is 31.2 Å². The van der Waals surface area contributed by atoms with Crippen molar-refractivity contribution in [3.8, 4) is 11.6 Å². The van der Waals surface area contributed by atoms with Gasteiger partial charge in [-0.25, -0.2) is 9.78 Å². The number of hydrogen-bond acceptors (Lipinski definition) is 4. The molecule has 1 fully saturated rings. The number of carbonyl (C=O) groups is 2. The normalized spacial score (nSPS) is 19.1. The molecule has 7 nitrogen and oxygen atoms in total. The van der Waals surface area contributed by atoms with Crippen molar-refractivity contribution in [3.05, 3.63) is 54.2 Å². The summed E-state index contributed by atoms with van der Waals surface area (Å²) in [5, 5.41) is 14.7. The van der Waals surface area contributed by atoms with Crippen LogP contribution in [0.5, 0.6) is 11.6 Å². The molecule has 1 heterocycles. The summed E-state index contributed by atoms with van der Waals surface area (Å²) in [5.74, 6) is 0.177. The number of nitrogens with one attached hydrogen (secondary N) is 2. The van der Waals surface area contributed by atoms with Gasteiger partial charge < -0.3 is 20.5 Å². The summed E-state index contributed by atoms with van der Waals surface area (Å²) in [7, 11) is 0. The number of benzene rings is 1. The molecule has 0 unspecified atom stereocenters.